The lowest BCUT2D eigenvalue weighted by Crippen LogP contribution is -2.42. The maximum absolute atomic E-state index is 11.8. The summed E-state index contributed by atoms with van der Waals surface area (Å²) in [7, 11) is 1.64. The Morgan fingerprint density at radius 1 is 1.58 bits per heavy atom. The van der Waals surface area contributed by atoms with Gasteiger partial charge in [-0.05, 0) is 24.6 Å². The predicted octanol–water partition coefficient (Wildman–Crippen LogP) is 0.557. The molecule has 0 aromatic heterocycles. The molecule has 0 radical (unpaired) electrons. The minimum absolute atomic E-state index is 0.00302. The lowest BCUT2D eigenvalue weighted by atomic mass is 9.98. The Morgan fingerprint density at radius 2 is 2.26 bits per heavy atom. The molecule has 6 heteroatoms. The van der Waals surface area contributed by atoms with Gasteiger partial charge in [0.1, 0.15) is 5.75 Å². The van der Waals surface area contributed by atoms with Crippen LogP contribution in [0.5, 0.6) is 5.75 Å². The number of ether oxygens (including phenoxy) is 1. The van der Waals surface area contributed by atoms with Crippen LogP contribution in [0.2, 0.25) is 0 Å². The van der Waals surface area contributed by atoms with Gasteiger partial charge < -0.3 is 20.5 Å². The molecular formula is C13H16N2O4. The summed E-state index contributed by atoms with van der Waals surface area (Å²) < 4.78 is 5.47. The van der Waals surface area contributed by atoms with Crippen LogP contribution in [-0.2, 0) is 9.59 Å². The normalized spacial score (nSPS) is 19.6. The molecule has 0 spiro atoms. The molecule has 1 aromatic rings. The summed E-state index contributed by atoms with van der Waals surface area (Å²) >= 11 is 0. The van der Waals surface area contributed by atoms with Crippen LogP contribution in [-0.4, -0.2) is 36.7 Å². The molecule has 1 aromatic carbocycles. The average molecular weight is 264 g/mol. The first-order valence-corrected chi connectivity index (χ1v) is 5.96. The molecule has 2 unspecified atom stereocenters. The highest BCUT2D eigenvalue weighted by molar-refractivity contribution is 5.99. The van der Waals surface area contributed by atoms with Gasteiger partial charge in [-0.2, -0.15) is 0 Å². The van der Waals surface area contributed by atoms with Gasteiger partial charge in [-0.3, -0.25) is 9.59 Å². The number of hydrogen-bond acceptors (Lipinski definition) is 4. The van der Waals surface area contributed by atoms with E-state index in [0.717, 1.165) is 0 Å². The van der Waals surface area contributed by atoms with E-state index in [-0.39, 0.29) is 12.5 Å². The summed E-state index contributed by atoms with van der Waals surface area (Å²) in [6, 6.07) is 4.99. The molecule has 2 atom stereocenters. The number of carboxylic acid groups (broad SMARTS) is 1. The second-order valence-corrected chi connectivity index (χ2v) is 4.51. The highest BCUT2D eigenvalue weighted by Gasteiger charge is 2.30. The van der Waals surface area contributed by atoms with Crippen molar-refractivity contribution in [3.05, 3.63) is 23.8 Å². The molecule has 19 heavy (non-hydrogen) atoms. The number of benzene rings is 1. The number of carbonyl (C=O) groups excluding carboxylic acids is 1. The van der Waals surface area contributed by atoms with Crippen molar-refractivity contribution in [2.75, 3.05) is 18.5 Å². The van der Waals surface area contributed by atoms with Gasteiger partial charge in [0.25, 0.3) is 5.91 Å². The third-order valence-corrected chi connectivity index (χ3v) is 3.26. The fraction of sp³-hybridized carbons (Fsp3) is 0.385. The summed E-state index contributed by atoms with van der Waals surface area (Å²) in [5, 5.41) is 9.10. The zero-order valence-corrected chi connectivity index (χ0v) is 10.8. The second kappa shape index (κ2) is 4.89. The van der Waals surface area contributed by atoms with E-state index in [1.165, 1.54) is 4.90 Å². The molecule has 0 saturated carbocycles. The lowest BCUT2D eigenvalue weighted by molar-refractivity contribution is -0.138. The van der Waals surface area contributed by atoms with Gasteiger partial charge in [-0.25, -0.2) is 0 Å². The number of fused-ring (bicyclic) bond motifs is 1. The standard InChI is InChI=1S/C13H16N2O4/c1-7-12(16)15(2)10-5-8(3-4-11(10)19-7)9(6-14)13(17)18/h3-5,7,9H,6,14H2,1-2H3,(H,17,18). The van der Waals surface area contributed by atoms with E-state index < -0.39 is 18.0 Å². The quantitative estimate of drug-likeness (QED) is 0.832. The fourth-order valence-corrected chi connectivity index (χ4v) is 2.12. The summed E-state index contributed by atoms with van der Waals surface area (Å²) in [4.78, 5) is 24.4. The van der Waals surface area contributed by atoms with Crippen LogP contribution in [0.15, 0.2) is 18.2 Å². The Morgan fingerprint density at radius 3 is 2.84 bits per heavy atom. The monoisotopic (exact) mass is 264 g/mol. The molecule has 0 saturated heterocycles. The molecule has 0 aliphatic carbocycles. The summed E-state index contributed by atoms with van der Waals surface area (Å²) in [5.74, 6) is -1.36. The van der Waals surface area contributed by atoms with Crippen LogP contribution in [0.3, 0.4) is 0 Å². The molecule has 0 bridgehead atoms. The number of nitrogens with zero attached hydrogens (tertiary/aromatic N) is 1. The zero-order valence-electron chi connectivity index (χ0n) is 10.8. The summed E-state index contributed by atoms with van der Waals surface area (Å²) in [5.41, 5.74) is 6.60. The molecule has 0 fully saturated rings. The van der Waals surface area contributed by atoms with Gasteiger partial charge >= 0.3 is 5.97 Å². The number of anilines is 1. The molecule has 3 N–H and O–H groups in total. The molecule has 6 nitrogen and oxygen atoms in total. The van der Waals surface area contributed by atoms with Gasteiger partial charge in [0, 0.05) is 13.6 Å². The summed E-state index contributed by atoms with van der Waals surface area (Å²) in [6.45, 7) is 1.68. The molecule has 2 rings (SSSR count). The van der Waals surface area contributed by atoms with Crippen molar-refractivity contribution in [1.82, 2.24) is 0 Å². The number of hydrogen-bond donors (Lipinski definition) is 2. The van der Waals surface area contributed by atoms with Crippen molar-refractivity contribution in [2.45, 2.75) is 18.9 Å². The number of carboxylic acids is 1. The van der Waals surface area contributed by atoms with E-state index in [9.17, 15) is 9.59 Å². The van der Waals surface area contributed by atoms with E-state index in [4.69, 9.17) is 15.6 Å². The topological polar surface area (TPSA) is 92.9 Å². The zero-order chi connectivity index (χ0) is 14.2. The highest BCUT2D eigenvalue weighted by Crippen LogP contribution is 2.35. The Bertz CT molecular complexity index is 529. The largest absolute Gasteiger partial charge is 0.481 e. The van der Waals surface area contributed by atoms with E-state index in [1.54, 1.807) is 32.2 Å². The molecule has 1 aliphatic heterocycles. The molecule has 1 amide bonds. The van der Waals surface area contributed by atoms with Crippen LogP contribution < -0.4 is 15.4 Å². The van der Waals surface area contributed by atoms with Crippen LogP contribution in [0.1, 0.15) is 18.4 Å². The van der Waals surface area contributed by atoms with Crippen LogP contribution in [0.25, 0.3) is 0 Å². The SMILES string of the molecule is CC1Oc2ccc(C(CN)C(=O)O)cc2N(C)C1=O. The van der Waals surface area contributed by atoms with Gasteiger partial charge in [0.15, 0.2) is 6.10 Å². The number of amides is 1. The number of nitrogens with two attached hydrogens (primary N) is 1. The minimum Gasteiger partial charge on any atom is -0.481 e. The molecule has 1 heterocycles. The first kappa shape index (κ1) is 13.4. The molecular weight excluding hydrogens is 248 g/mol. The van der Waals surface area contributed by atoms with Crippen molar-refractivity contribution in [3.63, 3.8) is 0 Å². The second-order valence-electron chi connectivity index (χ2n) is 4.51. The Balaban J connectivity index is 2.44. The van der Waals surface area contributed by atoms with Crippen LogP contribution >= 0.6 is 0 Å². The van der Waals surface area contributed by atoms with Crippen molar-refractivity contribution < 1.29 is 19.4 Å². The number of likely N-dealkylation sites (N-methyl/N-ethyl adjacent to an activating group) is 1. The summed E-state index contributed by atoms with van der Waals surface area (Å²) in [6.07, 6.45) is -0.534. The first-order valence-electron chi connectivity index (χ1n) is 5.96. The molecule has 1 aliphatic rings. The van der Waals surface area contributed by atoms with Crippen molar-refractivity contribution in [3.8, 4) is 5.75 Å². The van der Waals surface area contributed by atoms with Crippen molar-refractivity contribution in [2.24, 2.45) is 5.73 Å². The highest BCUT2D eigenvalue weighted by atomic mass is 16.5. The van der Waals surface area contributed by atoms with Crippen molar-refractivity contribution in [1.29, 1.82) is 0 Å². The van der Waals surface area contributed by atoms with Gasteiger partial charge in [-0.1, -0.05) is 6.07 Å². The lowest BCUT2D eigenvalue weighted by Gasteiger charge is -2.31. The van der Waals surface area contributed by atoms with Gasteiger partial charge in [-0.15, -0.1) is 0 Å². The molecule has 102 valence electrons. The number of carbonyl (C=O) groups is 2. The number of aliphatic carboxylic acids is 1. The Labute approximate surface area is 110 Å². The van der Waals surface area contributed by atoms with Crippen LogP contribution in [0.4, 0.5) is 5.69 Å². The smallest absolute Gasteiger partial charge is 0.312 e. The maximum Gasteiger partial charge on any atom is 0.312 e. The number of rotatable bonds is 3. The average Bonchev–Trinajstić information content (AvgIpc) is 2.37. The van der Waals surface area contributed by atoms with Gasteiger partial charge in [0.05, 0.1) is 11.6 Å². The third-order valence-electron chi connectivity index (χ3n) is 3.26. The van der Waals surface area contributed by atoms with Gasteiger partial charge in [0.2, 0.25) is 0 Å². The Kier molecular flexibility index (Phi) is 3.44. The van der Waals surface area contributed by atoms with E-state index >= 15 is 0 Å². The minimum atomic E-state index is -0.985. The van der Waals surface area contributed by atoms with E-state index in [2.05, 4.69) is 0 Å². The van der Waals surface area contributed by atoms with E-state index in [1.807, 2.05) is 0 Å². The maximum atomic E-state index is 11.8. The predicted molar refractivity (Wildman–Crippen MR) is 69.4 cm³/mol. The van der Waals surface area contributed by atoms with Crippen LogP contribution in [0, 0.1) is 0 Å². The third kappa shape index (κ3) is 2.26. The van der Waals surface area contributed by atoms with E-state index in [0.29, 0.717) is 17.0 Å². The Hall–Kier alpha value is -2.08. The van der Waals surface area contributed by atoms with Crippen molar-refractivity contribution >= 4 is 17.6 Å². The first-order chi connectivity index (χ1) is 8.95. The fourth-order valence-electron chi connectivity index (χ4n) is 2.12.